The summed E-state index contributed by atoms with van der Waals surface area (Å²) < 4.78 is 5.97. The van der Waals surface area contributed by atoms with E-state index in [9.17, 15) is 10.1 Å². The first kappa shape index (κ1) is 10.8. The van der Waals surface area contributed by atoms with Crippen molar-refractivity contribution >= 4 is 29.3 Å². The van der Waals surface area contributed by atoms with Crippen LogP contribution in [0.15, 0.2) is 46.2 Å². The van der Waals surface area contributed by atoms with E-state index in [0.717, 1.165) is 10.6 Å². The van der Waals surface area contributed by atoms with Crippen molar-refractivity contribution in [3.63, 3.8) is 0 Å². The van der Waals surface area contributed by atoms with Crippen LogP contribution >= 0.6 is 11.9 Å². The van der Waals surface area contributed by atoms with Gasteiger partial charge in [-0.25, -0.2) is 4.98 Å². The third-order valence-electron chi connectivity index (χ3n) is 2.40. The Labute approximate surface area is 106 Å². The van der Waals surface area contributed by atoms with E-state index in [1.807, 2.05) is 0 Å². The number of hydrogen-bond acceptors (Lipinski definition) is 6. The van der Waals surface area contributed by atoms with Crippen molar-refractivity contribution < 1.29 is 4.92 Å². The van der Waals surface area contributed by atoms with Crippen molar-refractivity contribution in [1.82, 2.24) is 9.55 Å². The molecular formula is C10H7N5O2S. The maximum Gasteiger partial charge on any atom is 0.270 e. The number of aromatic nitrogens is 2. The third kappa shape index (κ3) is 1.82. The second-order valence-corrected chi connectivity index (χ2v) is 4.34. The molecule has 90 valence electrons. The molecule has 2 aromatic rings. The second-order valence-electron chi connectivity index (χ2n) is 3.54. The molecule has 0 amide bonds. The Kier molecular flexibility index (Phi) is 2.49. The minimum atomic E-state index is -0.421. The normalized spacial score (nSPS) is 13.4. The number of nitro benzene ring substituents is 1. The van der Waals surface area contributed by atoms with Crippen molar-refractivity contribution in [1.29, 1.82) is 0 Å². The molecule has 1 aliphatic rings. The summed E-state index contributed by atoms with van der Waals surface area (Å²) in [5, 5.41) is 13.8. The summed E-state index contributed by atoms with van der Waals surface area (Å²) in [4.78, 5) is 14.9. The topological polar surface area (TPSA) is 85.3 Å². The molecule has 0 fully saturated rings. The minimum Gasteiger partial charge on any atom is -0.324 e. The summed E-state index contributed by atoms with van der Waals surface area (Å²) in [6, 6.07) is 4.64. The Morgan fingerprint density at radius 2 is 2.33 bits per heavy atom. The van der Waals surface area contributed by atoms with Crippen molar-refractivity contribution in [3.05, 3.63) is 47.0 Å². The van der Waals surface area contributed by atoms with Gasteiger partial charge in [-0.1, -0.05) is 0 Å². The zero-order valence-electron chi connectivity index (χ0n) is 8.98. The van der Waals surface area contributed by atoms with E-state index in [-0.39, 0.29) is 5.69 Å². The molecule has 3 rings (SSSR count). The monoisotopic (exact) mass is 261 g/mol. The summed E-state index contributed by atoms with van der Waals surface area (Å²) in [5.41, 5.74) is 0.855. The Morgan fingerprint density at radius 3 is 3.06 bits per heavy atom. The van der Waals surface area contributed by atoms with Gasteiger partial charge in [-0.2, -0.15) is 4.40 Å². The van der Waals surface area contributed by atoms with Gasteiger partial charge in [-0.3, -0.25) is 14.7 Å². The van der Waals surface area contributed by atoms with Crippen LogP contribution in [0.1, 0.15) is 0 Å². The van der Waals surface area contributed by atoms with E-state index in [2.05, 4.69) is 14.7 Å². The Bertz CT molecular complexity index is 638. The predicted molar refractivity (Wildman–Crippen MR) is 67.6 cm³/mol. The average molecular weight is 261 g/mol. The van der Waals surface area contributed by atoms with Crippen LogP contribution in [0, 0.1) is 10.1 Å². The van der Waals surface area contributed by atoms with Crippen molar-refractivity contribution in [3.8, 4) is 0 Å². The molecule has 1 aromatic heterocycles. The third-order valence-corrected chi connectivity index (χ3v) is 3.20. The van der Waals surface area contributed by atoms with Gasteiger partial charge in [-0.05, 0) is 6.07 Å². The van der Waals surface area contributed by atoms with Crippen LogP contribution in [0.3, 0.4) is 0 Å². The highest BCUT2D eigenvalue weighted by Gasteiger charge is 2.17. The highest BCUT2D eigenvalue weighted by atomic mass is 32.2. The van der Waals surface area contributed by atoms with Crippen LogP contribution in [0.2, 0.25) is 0 Å². The lowest BCUT2D eigenvalue weighted by Crippen LogP contribution is -2.22. The van der Waals surface area contributed by atoms with E-state index in [1.54, 1.807) is 29.4 Å². The number of benzene rings is 1. The number of rotatable bonds is 1. The highest BCUT2D eigenvalue weighted by molar-refractivity contribution is 7.98. The SMILES string of the molecule is O=[N+]([O-])c1ccc2c(c1)SN=C(n1ccnc1)N2. The summed E-state index contributed by atoms with van der Waals surface area (Å²) >= 11 is 1.20. The van der Waals surface area contributed by atoms with Crippen LogP contribution < -0.4 is 5.32 Å². The molecule has 8 heteroatoms. The molecule has 7 nitrogen and oxygen atoms in total. The predicted octanol–water partition coefficient (Wildman–Crippen LogP) is 2.13. The first-order chi connectivity index (χ1) is 8.74. The van der Waals surface area contributed by atoms with Gasteiger partial charge >= 0.3 is 0 Å². The maximum atomic E-state index is 10.7. The van der Waals surface area contributed by atoms with E-state index in [4.69, 9.17) is 0 Å². The van der Waals surface area contributed by atoms with Crippen LogP contribution in [-0.4, -0.2) is 20.4 Å². The molecular weight excluding hydrogens is 254 g/mol. The van der Waals surface area contributed by atoms with Gasteiger partial charge in [0.15, 0.2) is 0 Å². The molecule has 2 heterocycles. The fourth-order valence-corrected chi connectivity index (χ4v) is 2.25. The molecule has 0 atom stereocenters. The van der Waals surface area contributed by atoms with Gasteiger partial charge < -0.3 is 5.32 Å². The Hall–Kier alpha value is -2.35. The molecule has 0 saturated carbocycles. The molecule has 0 bridgehead atoms. The van der Waals surface area contributed by atoms with Crippen molar-refractivity contribution in [2.75, 3.05) is 5.32 Å². The molecule has 1 N–H and O–H groups in total. The summed E-state index contributed by atoms with van der Waals surface area (Å²) in [6.45, 7) is 0. The molecule has 0 spiro atoms. The lowest BCUT2D eigenvalue weighted by atomic mass is 10.3. The van der Waals surface area contributed by atoms with E-state index < -0.39 is 4.92 Å². The number of anilines is 1. The van der Waals surface area contributed by atoms with Crippen LogP contribution in [0.25, 0.3) is 0 Å². The van der Waals surface area contributed by atoms with Crippen molar-refractivity contribution in [2.45, 2.75) is 4.90 Å². The standard InChI is InChI=1S/C10H7N5O2S/c16-15(17)7-1-2-8-9(5-7)18-13-10(12-8)14-4-3-11-6-14/h1-6H,(H,12,13). The quantitative estimate of drug-likeness (QED) is 0.483. The molecule has 0 saturated heterocycles. The van der Waals surface area contributed by atoms with Gasteiger partial charge in [0.25, 0.3) is 5.69 Å². The molecule has 1 aromatic carbocycles. The fraction of sp³-hybridized carbons (Fsp3) is 0. The Morgan fingerprint density at radius 1 is 1.44 bits per heavy atom. The Balaban J connectivity index is 1.93. The zero-order chi connectivity index (χ0) is 12.5. The van der Waals surface area contributed by atoms with Gasteiger partial charge in [0.05, 0.1) is 15.5 Å². The number of hydrogen-bond donors (Lipinski definition) is 1. The van der Waals surface area contributed by atoms with E-state index in [1.165, 1.54) is 24.1 Å². The highest BCUT2D eigenvalue weighted by Crippen LogP contribution is 2.34. The summed E-state index contributed by atoms with van der Waals surface area (Å²) in [6.07, 6.45) is 5.05. The summed E-state index contributed by atoms with van der Waals surface area (Å²) in [5.74, 6) is 0.624. The first-order valence-electron chi connectivity index (χ1n) is 5.03. The molecule has 0 unspecified atom stereocenters. The minimum absolute atomic E-state index is 0.0596. The summed E-state index contributed by atoms with van der Waals surface area (Å²) in [7, 11) is 0. The zero-order valence-corrected chi connectivity index (χ0v) is 9.79. The fourth-order valence-electron chi connectivity index (χ4n) is 1.54. The van der Waals surface area contributed by atoms with Gasteiger partial charge in [-0.15, -0.1) is 0 Å². The lowest BCUT2D eigenvalue weighted by molar-refractivity contribution is -0.385. The smallest absolute Gasteiger partial charge is 0.270 e. The van der Waals surface area contributed by atoms with Crippen LogP contribution in [-0.2, 0) is 0 Å². The molecule has 1 aliphatic heterocycles. The van der Waals surface area contributed by atoms with Crippen LogP contribution in [0.5, 0.6) is 0 Å². The number of nitrogens with zero attached hydrogens (tertiary/aromatic N) is 4. The maximum absolute atomic E-state index is 10.7. The largest absolute Gasteiger partial charge is 0.324 e. The number of fused-ring (bicyclic) bond motifs is 1. The molecule has 0 aliphatic carbocycles. The molecule has 18 heavy (non-hydrogen) atoms. The molecule has 0 radical (unpaired) electrons. The van der Waals surface area contributed by atoms with Gasteiger partial charge in [0.2, 0.25) is 5.96 Å². The van der Waals surface area contributed by atoms with Gasteiger partial charge in [0, 0.05) is 36.5 Å². The lowest BCUT2D eigenvalue weighted by Gasteiger charge is -2.16. The first-order valence-corrected chi connectivity index (χ1v) is 5.80. The van der Waals surface area contributed by atoms with Crippen molar-refractivity contribution in [2.24, 2.45) is 4.40 Å². The van der Waals surface area contributed by atoms with Crippen LogP contribution in [0.4, 0.5) is 11.4 Å². The number of imidazole rings is 1. The number of non-ortho nitro benzene ring substituents is 1. The van der Waals surface area contributed by atoms with E-state index >= 15 is 0 Å². The van der Waals surface area contributed by atoms with Gasteiger partial charge in [0.1, 0.15) is 6.33 Å². The average Bonchev–Trinajstić information content (AvgIpc) is 2.91. The number of nitro groups is 1. The second kappa shape index (κ2) is 4.15. The van der Waals surface area contributed by atoms with E-state index in [0.29, 0.717) is 5.96 Å². The number of nitrogens with one attached hydrogen (secondary N) is 1.